The molecule has 0 aromatic carbocycles. The Bertz CT molecular complexity index is 621. The van der Waals surface area contributed by atoms with Crippen LogP contribution < -0.4 is 5.32 Å². The van der Waals surface area contributed by atoms with Gasteiger partial charge < -0.3 is 14.4 Å². The van der Waals surface area contributed by atoms with E-state index < -0.39 is 0 Å². The molecule has 1 aliphatic rings. The summed E-state index contributed by atoms with van der Waals surface area (Å²) in [6, 6.07) is 2.03. The fraction of sp³-hybridized carbons (Fsp3) is 0.667. The molecule has 0 amide bonds. The number of hydrogen-bond acceptors (Lipinski definition) is 6. The molecule has 1 aliphatic heterocycles. The minimum absolute atomic E-state index is 0. The van der Waals surface area contributed by atoms with E-state index in [1.165, 1.54) is 0 Å². The first-order chi connectivity index (χ1) is 10.6. The van der Waals surface area contributed by atoms with E-state index in [4.69, 9.17) is 4.52 Å². The molecule has 3 rings (SSSR count). The number of nitrogens with one attached hydrogen (secondary N) is 1. The first-order valence-electron chi connectivity index (χ1n) is 7.83. The highest BCUT2D eigenvalue weighted by molar-refractivity contribution is 7.98. The van der Waals surface area contributed by atoms with Gasteiger partial charge in [0.05, 0.1) is 5.69 Å². The third-order valence-corrected chi connectivity index (χ3v) is 5.12. The monoisotopic (exact) mass is 357 g/mol. The van der Waals surface area contributed by atoms with Crippen molar-refractivity contribution in [3.63, 3.8) is 0 Å². The van der Waals surface area contributed by atoms with Gasteiger partial charge in [0.2, 0.25) is 0 Å². The molecule has 6 nitrogen and oxygen atoms in total. The van der Waals surface area contributed by atoms with Crippen molar-refractivity contribution in [3.8, 4) is 0 Å². The first-order valence-corrected chi connectivity index (χ1v) is 8.82. The van der Waals surface area contributed by atoms with Gasteiger partial charge in [0.15, 0.2) is 5.16 Å². The lowest BCUT2D eigenvalue weighted by atomic mass is 9.97. The van der Waals surface area contributed by atoms with Crippen LogP contribution >= 0.6 is 24.2 Å². The van der Waals surface area contributed by atoms with E-state index in [1.807, 2.05) is 6.07 Å². The highest BCUT2D eigenvalue weighted by Gasteiger charge is 2.21. The molecular weight excluding hydrogens is 334 g/mol. The van der Waals surface area contributed by atoms with Crippen molar-refractivity contribution >= 4 is 24.2 Å². The maximum atomic E-state index is 5.33. The largest absolute Gasteiger partial charge is 0.361 e. The molecule has 0 aliphatic carbocycles. The molecular formula is C15H24ClN5OS. The van der Waals surface area contributed by atoms with Crippen molar-refractivity contribution < 1.29 is 4.52 Å². The third-order valence-electron chi connectivity index (χ3n) is 4.07. The Morgan fingerprint density at radius 3 is 2.74 bits per heavy atom. The Hall–Kier alpha value is -1.05. The standard InChI is InChI=1S/C15H23N5OS.ClH/c1-10(2)13-8-12(19-21-13)9-22-15-18-17-14(20(15)3)11-4-6-16-7-5-11;/h8,10-11,16H,4-7,9H2,1-3H3;1H. The minimum Gasteiger partial charge on any atom is -0.361 e. The van der Waals surface area contributed by atoms with E-state index in [0.29, 0.717) is 11.8 Å². The van der Waals surface area contributed by atoms with Gasteiger partial charge in [-0.2, -0.15) is 0 Å². The van der Waals surface area contributed by atoms with Crippen LogP contribution in [0.25, 0.3) is 0 Å². The van der Waals surface area contributed by atoms with Gasteiger partial charge in [-0.15, -0.1) is 22.6 Å². The quantitative estimate of drug-likeness (QED) is 0.829. The fourth-order valence-corrected chi connectivity index (χ4v) is 3.49. The smallest absolute Gasteiger partial charge is 0.191 e. The van der Waals surface area contributed by atoms with Gasteiger partial charge in [-0.1, -0.05) is 30.8 Å². The van der Waals surface area contributed by atoms with E-state index in [-0.39, 0.29) is 12.4 Å². The van der Waals surface area contributed by atoms with Crippen LogP contribution in [-0.4, -0.2) is 33.0 Å². The zero-order valence-corrected chi connectivity index (χ0v) is 15.4. The van der Waals surface area contributed by atoms with Crippen LogP contribution in [-0.2, 0) is 12.8 Å². The van der Waals surface area contributed by atoms with E-state index in [1.54, 1.807) is 11.8 Å². The number of nitrogens with zero attached hydrogens (tertiary/aromatic N) is 4. The lowest BCUT2D eigenvalue weighted by Gasteiger charge is -2.21. The average molecular weight is 358 g/mol. The van der Waals surface area contributed by atoms with Gasteiger partial charge in [0.1, 0.15) is 11.6 Å². The number of thioether (sulfide) groups is 1. The van der Waals surface area contributed by atoms with E-state index in [2.05, 4.69) is 46.1 Å². The molecule has 1 saturated heterocycles. The molecule has 1 N–H and O–H groups in total. The molecule has 3 heterocycles. The van der Waals surface area contributed by atoms with Crippen LogP contribution in [0, 0.1) is 0 Å². The van der Waals surface area contributed by atoms with Gasteiger partial charge in [0.25, 0.3) is 0 Å². The number of aromatic nitrogens is 4. The summed E-state index contributed by atoms with van der Waals surface area (Å²) in [5, 5.41) is 17.2. The summed E-state index contributed by atoms with van der Waals surface area (Å²) in [6.07, 6.45) is 2.27. The van der Waals surface area contributed by atoms with Gasteiger partial charge in [-0.25, -0.2) is 0 Å². The zero-order chi connectivity index (χ0) is 15.5. The highest BCUT2D eigenvalue weighted by Crippen LogP contribution is 2.28. The molecule has 128 valence electrons. The number of halogens is 1. The topological polar surface area (TPSA) is 68.8 Å². The van der Waals surface area contributed by atoms with E-state index in [9.17, 15) is 0 Å². The van der Waals surface area contributed by atoms with Gasteiger partial charge in [-0.3, -0.25) is 0 Å². The summed E-state index contributed by atoms with van der Waals surface area (Å²) in [7, 11) is 2.06. The molecule has 0 bridgehead atoms. The van der Waals surface area contributed by atoms with Gasteiger partial charge >= 0.3 is 0 Å². The molecule has 0 spiro atoms. The Balaban J connectivity index is 0.00000192. The second-order valence-electron chi connectivity index (χ2n) is 6.09. The molecule has 0 radical (unpaired) electrons. The molecule has 8 heteroatoms. The average Bonchev–Trinajstić information content (AvgIpc) is 3.13. The number of hydrogen-bond donors (Lipinski definition) is 1. The Labute approximate surface area is 147 Å². The second-order valence-corrected chi connectivity index (χ2v) is 7.03. The van der Waals surface area contributed by atoms with Crippen LogP contribution in [0.15, 0.2) is 15.7 Å². The van der Waals surface area contributed by atoms with Crippen molar-refractivity contribution in [2.75, 3.05) is 13.1 Å². The molecule has 23 heavy (non-hydrogen) atoms. The maximum absolute atomic E-state index is 5.33. The SMILES string of the molecule is CC(C)c1cc(CSc2nnc(C3CCNCC3)n2C)no1.Cl. The molecule has 2 aromatic rings. The van der Waals surface area contributed by atoms with Crippen LogP contribution in [0.3, 0.4) is 0 Å². The lowest BCUT2D eigenvalue weighted by molar-refractivity contribution is 0.367. The molecule has 0 saturated carbocycles. The van der Waals surface area contributed by atoms with E-state index in [0.717, 1.165) is 54.1 Å². The molecule has 0 unspecified atom stereocenters. The summed E-state index contributed by atoms with van der Waals surface area (Å²) in [6.45, 7) is 6.34. The third kappa shape index (κ3) is 4.28. The summed E-state index contributed by atoms with van der Waals surface area (Å²) in [4.78, 5) is 0. The Morgan fingerprint density at radius 1 is 1.35 bits per heavy atom. The van der Waals surface area contributed by atoms with Crippen molar-refractivity contribution in [3.05, 3.63) is 23.3 Å². The molecule has 0 atom stereocenters. The van der Waals surface area contributed by atoms with E-state index >= 15 is 0 Å². The van der Waals surface area contributed by atoms with Crippen LogP contribution in [0.2, 0.25) is 0 Å². The van der Waals surface area contributed by atoms with Crippen LogP contribution in [0.1, 0.15) is 55.8 Å². The fourth-order valence-electron chi connectivity index (χ4n) is 2.69. The Kier molecular flexibility index (Phi) is 6.50. The summed E-state index contributed by atoms with van der Waals surface area (Å²) in [5.41, 5.74) is 0.958. The predicted molar refractivity (Wildman–Crippen MR) is 93.2 cm³/mol. The summed E-state index contributed by atoms with van der Waals surface area (Å²) >= 11 is 1.66. The highest BCUT2D eigenvalue weighted by atomic mass is 35.5. The second kappa shape index (κ2) is 8.17. The number of rotatable bonds is 5. The van der Waals surface area contributed by atoms with Crippen LogP contribution in [0.5, 0.6) is 0 Å². The predicted octanol–water partition coefficient (Wildman–Crippen LogP) is 3.11. The van der Waals surface area contributed by atoms with Gasteiger partial charge in [-0.05, 0) is 25.9 Å². The minimum atomic E-state index is 0. The Morgan fingerprint density at radius 2 is 2.09 bits per heavy atom. The number of piperidine rings is 1. The lowest BCUT2D eigenvalue weighted by Crippen LogP contribution is -2.27. The van der Waals surface area contributed by atoms with Gasteiger partial charge in [0, 0.05) is 30.7 Å². The molecule has 1 fully saturated rings. The van der Waals surface area contributed by atoms with Crippen molar-refractivity contribution in [1.82, 2.24) is 25.2 Å². The maximum Gasteiger partial charge on any atom is 0.191 e. The van der Waals surface area contributed by atoms with Crippen molar-refractivity contribution in [1.29, 1.82) is 0 Å². The normalized spacial score (nSPS) is 15.8. The first kappa shape index (κ1) is 18.3. The van der Waals surface area contributed by atoms with Crippen molar-refractivity contribution in [2.45, 2.75) is 49.4 Å². The zero-order valence-electron chi connectivity index (χ0n) is 13.8. The summed E-state index contributed by atoms with van der Waals surface area (Å²) in [5.74, 6) is 3.69. The molecule has 2 aromatic heterocycles. The van der Waals surface area contributed by atoms with Crippen molar-refractivity contribution in [2.24, 2.45) is 7.05 Å². The van der Waals surface area contributed by atoms with Crippen LogP contribution in [0.4, 0.5) is 0 Å². The summed E-state index contributed by atoms with van der Waals surface area (Å²) < 4.78 is 7.46.